The monoisotopic (exact) mass is 295 g/mol. The van der Waals surface area contributed by atoms with E-state index in [4.69, 9.17) is 4.84 Å². The van der Waals surface area contributed by atoms with Crippen LogP contribution >= 0.6 is 0 Å². The third-order valence-corrected chi connectivity index (χ3v) is 4.18. The van der Waals surface area contributed by atoms with E-state index < -0.39 is 5.60 Å². The number of aromatic nitrogens is 3. The van der Waals surface area contributed by atoms with Gasteiger partial charge in [-0.2, -0.15) is 0 Å². The van der Waals surface area contributed by atoms with Crippen LogP contribution in [0.4, 0.5) is 0 Å². The Balaban J connectivity index is 1.71. The molecule has 2 aliphatic rings. The molecule has 0 saturated carbocycles. The topological polar surface area (TPSA) is 43.0 Å². The fourth-order valence-electron chi connectivity index (χ4n) is 3.06. The van der Waals surface area contributed by atoms with Gasteiger partial charge in [-0.25, -0.2) is 4.58 Å². The molecule has 112 valence electrons. The Morgan fingerprint density at radius 2 is 2.05 bits per heavy atom. The van der Waals surface area contributed by atoms with Crippen LogP contribution in [0.2, 0.25) is 0 Å². The largest absolute Gasteiger partial charge is 0.373 e. The molecule has 1 saturated heterocycles. The van der Waals surface area contributed by atoms with Gasteiger partial charge in [0.05, 0.1) is 0 Å². The molecule has 1 aromatic heterocycles. The van der Waals surface area contributed by atoms with Gasteiger partial charge in [0.25, 0.3) is 0 Å². The third-order valence-electron chi connectivity index (χ3n) is 4.18. The van der Waals surface area contributed by atoms with Crippen LogP contribution in [-0.4, -0.2) is 44.6 Å². The third kappa shape index (κ3) is 2.43. The molecule has 1 aliphatic heterocycles. The first-order valence-corrected chi connectivity index (χ1v) is 7.79. The lowest BCUT2D eigenvalue weighted by atomic mass is 9.96. The van der Waals surface area contributed by atoms with Crippen LogP contribution in [0, 0.1) is 0 Å². The number of benzene rings is 1. The van der Waals surface area contributed by atoms with Crippen LogP contribution in [0.5, 0.6) is 0 Å². The number of allylic oxidation sites excluding steroid dienone is 2. The second-order valence-corrected chi connectivity index (χ2v) is 5.86. The van der Waals surface area contributed by atoms with Gasteiger partial charge in [0.1, 0.15) is 24.1 Å². The molecule has 0 amide bonds. The second kappa shape index (κ2) is 5.40. The summed E-state index contributed by atoms with van der Waals surface area (Å²) in [6.45, 7) is 2.20. The Bertz CT molecular complexity index is 766. The summed E-state index contributed by atoms with van der Waals surface area (Å²) in [4.78, 5) is 7.81. The van der Waals surface area contributed by atoms with Gasteiger partial charge in [0.2, 0.25) is 5.60 Å². The first-order valence-electron chi connectivity index (χ1n) is 7.79. The molecular formula is C17H19N4O+. The van der Waals surface area contributed by atoms with Gasteiger partial charge in [-0.1, -0.05) is 35.2 Å². The summed E-state index contributed by atoms with van der Waals surface area (Å²) in [6.07, 6.45) is 13.8. The quantitative estimate of drug-likeness (QED) is 0.813. The molecular weight excluding hydrogens is 276 g/mol. The van der Waals surface area contributed by atoms with Crippen molar-refractivity contribution in [3.8, 4) is 0 Å². The van der Waals surface area contributed by atoms with E-state index in [-0.39, 0.29) is 0 Å². The van der Waals surface area contributed by atoms with Gasteiger partial charge in [-0.15, -0.1) is 5.10 Å². The molecule has 4 rings (SSSR count). The molecule has 2 aromatic rings. The number of hydrogen-bond acceptors (Lipinski definition) is 3. The Kier molecular flexibility index (Phi) is 3.25. The molecule has 0 radical (unpaired) electrons. The van der Waals surface area contributed by atoms with Crippen LogP contribution in [0.25, 0.3) is 11.0 Å². The maximum Gasteiger partial charge on any atom is 0.234 e. The van der Waals surface area contributed by atoms with Crippen molar-refractivity contribution in [2.24, 2.45) is 0 Å². The van der Waals surface area contributed by atoms with Crippen LogP contribution in [-0.2, 0) is 0 Å². The Morgan fingerprint density at radius 3 is 2.86 bits per heavy atom. The first-order chi connectivity index (χ1) is 10.8. The highest BCUT2D eigenvalue weighted by Crippen LogP contribution is 2.20. The molecule has 0 N–H and O–H groups in total. The van der Waals surface area contributed by atoms with Crippen LogP contribution in [0.15, 0.2) is 48.6 Å². The first kappa shape index (κ1) is 13.2. The zero-order valence-corrected chi connectivity index (χ0v) is 12.4. The lowest BCUT2D eigenvalue weighted by Crippen LogP contribution is -2.44. The Morgan fingerprint density at radius 1 is 1.18 bits per heavy atom. The summed E-state index contributed by atoms with van der Waals surface area (Å²) in [7, 11) is 0. The lowest BCUT2D eigenvalue weighted by Gasteiger charge is -2.25. The average molecular weight is 295 g/mol. The maximum absolute atomic E-state index is 6.27. The lowest BCUT2D eigenvalue weighted by molar-refractivity contribution is -0.505. The van der Waals surface area contributed by atoms with Crippen molar-refractivity contribution in [3.63, 3.8) is 0 Å². The molecule has 2 heterocycles. The summed E-state index contributed by atoms with van der Waals surface area (Å²) in [5.74, 6) is 0. The number of para-hydroxylation sites is 1. The van der Waals surface area contributed by atoms with Crippen molar-refractivity contribution in [1.29, 1.82) is 0 Å². The molecule has 22 heavy (non-hydrogen) atoms. The van der Waals surface area contributed by atoms with Crippen LogP contribution in [0.3, 0.4) is 0 Å². The van der Waals surface area contributed by atoms with E-state index in [9.17, 15) is 0 Å². The minimum absolute atomic E-state index is 0.491. The number of rotatable bonds is 3. The number of fused-ring (bicyclic) bond motifs is 1. The second-order valence-electron chi connectivity index (χ2n) is 5.86. The van der Waals surface area contributed by atoms with Crippen molar-refractivity contribution in [2.75, 3.05) is 13.1 Å². The molecule has 5 nitrogen and oxygen atoms in total. The van der Waals surface area contributed by atoms with E-state index in [1.54, 1.807) is 4.85 Å². The minimum atomic E-state index is -0.491. The zero-order chi connectivity index (χ0) is 14.8. The fourth-order valence-corrected chi connectivity index (χ4v) is 3.06. The smallest absolute Gasteiger partial charge is 0.234 e. The van der Waals surface area contributed by atoms with Crippen LogP contribution in [0.1, 0.15) is 19.3 Å². The van der Waals surface area contributed by atoms with Gasteiger partial charge < -0.3 is 4.84 Å². The van der Waals surface area contributed by atoms with Crippen molar-refractivity contribution in [3.05, 3.63) is 48.6 Å². The fraction of sp³-hybridized carbons (Fsp3) is 0.353. The molecule has 1 fully saturated rings. The van der Waals surface area contributed by atoms with E-state index in [1.807, 2.05) is 30.3 Å². The Labute approximate surface area is 129 Å². The summed E-state index contributed by atoms with van der Waals surface area (Å²) < 4.78 is 2.35. The average Bonchev–Trinajstić information content (AvgIpc) is 3.19. The van der Waals surface area contributed by atoms with Gasteiger partial charge in [-0.05, 0) is 23.4 Å². The summed E-state index contributed by atoms with van der Waals surface area (Å²) in [5.41, 5.74) is 1.24. The van der Waals surface area contributed by atoms with E-state index in [2.05, 4.69) is 39.3 Å². The van der Waals surface area contributed by atoms with E-state index in [1.165, 1.54) is 12.8 Å². The SMILES string of the molecule is C1=CCC(C=[N+]2CCCC2)(On2nnc3ccccc32)C=C1. The molecule has 0 spiro atoms. The zero-order valence-electron chi connectivity index (χ0n) is 12.4. The highest BCUT2D eigenvalue weighted by Gasteiger charge is 2.35. The van der Waals surface area contributed by atoms with Crippen molar-refractivity contribution in [2.45, 2.75) is 24.9 Å². The molecule has 1 atom stereocenters. The van der Waals surface area contributed by atoms with Crippen molar-refractivity contribution < 1.29 is 9.41 Å². The molecule has 1 aromatic carbocycles. The van der Waals surface area contributed by atoms with Gasteiger partial charge in [0.15, 0.2) is 6.21 Å². The molecule has 0 bridgehead atoms. The van der Waals surface area contributed by atoms with Crippen LogP contribution < -0.4 is 4.84 Å². The molecule has 1 aliphatic carbocycles. The summed E-state index contributed by atoms with van der Waals surface area (Å²) >= 11 is 0. The maximum atomic E-state index is 6.27. The summed E-state index contributed by atoms with van der Waals surface area (Å²) in [6, 6.07) is 7.84. The minimum Gasteiger partial charge on any atom is -0.373 e. The van der Waals surface area contributed by atoms with Crippen molar-refractivity contribution >= 4 is 17.2 Å². The Hall–Kier alpha value is -2.43. The van der Waals surface area contributed by atoms with Gasteiger partial charge in [-0.3, -0.25) is 0 Å². The summed E-state index contributed by atoms with van der Waals surface area (Å²) in [5, 5.41) is 8.32. The number of nitrogens with zero attached hydrogens (tertiary/aromatic N) is 4. The van der Waals surface area contributed by atoms with Crippen molar-refractivity contribution in [1.82, 2.24) is 15.2 Å². The predicted molar refractivity (Wildman–Crippen MR) is 85.0 cm³/mol. The predicted octanol–water partition coefficient (Wildman–Crippen LogP) is 1.99. The molecule has 1 unspecified atom stereocenters. The molecule has 5 heteroatoms. The number of hydrogen-bond donors (Lipinski definition) is 0. The van der Waals surface area contributed by atoms with E-state index >= 15 is 0 Å². The van der Waals surface area contributed by atoms with E-state index in [0.29, 0.717) is 0 Å². The normalized spacial score (nSPS) is 24.1. The standard InChI is InChI=1S/C17H19N4O/c1-4-10-17(11-5-1,14-20-12-6-7-13-20)22-21-16-9-3-2-8-15(16)18-19-21/h1-5,8-10,14H,6-7,11-13H2/q+1. The highest BCUT2D eigenvalue weighted by atomic mass is 16.7. The van der Waals surface area contributed by atoms with Gasteiger partial charge in [0, 0.05) is 19.3 Å². The van der Waals surface area contributed by atoms with E-state index in [0.717, 1.165) is 30.5 Å². The highest BCUT2D eigenvalue weighted by molar-refractivity contribution is 5.74. The van der Waals surface area contributed by atoms with Gasteiger partial charge >= 0.3 is 0 Å².